The van der Waals surface area contributed by atoms with Crippen LogP contribution in [0.1, 0.15) is 30.3 Å². The highest BCUT2D eigenvalue weighted by Gasteiger charge is 2.16. The molecule has 2 atom stereocenters. The monoisotopic (exact) mass is 352 g/mol. The van der Waals surface area contributed by atoms with Crippen molar-refractivity contribution >= 4 is 33.0 Å². The maximum Gasteiger partial charge on any atom is 0.0425 e. The van der Waals surface area contributed by atoms with Crippen molar-refractivity contribution in [3.05, 3.63) is 50.6 Å². The van der Waals surface area contributed by atoms with Gasteiger partial charge in [-0.15, -0.1) is 11.3 Å². The topological polar surface area (TPSA) is 29.3 Å². The summed E-state index contributed by atoms with van der Waals surface area (Å²) < 4.78 is 1.09. The van der Waals surface area contributed by atoms with Crippen LogP contribution in [0, 0.1) is 0 Å². The van der Waals surface area contributed by atoms with Gasteiger partial charge in [-0.05, 0) is 43.0 Å². The zero-order valence-corrected chi connectivity index (χ0v) is 14.5. The fourth-order valence-electron chi connectivity index (χ4n) is 2.30. The molecule has 2 aromatic rings. The fraction of sp³-hybridized carbons (Fsp3) is 0.375. The van der Waals surface area contributed by atoms with Gasteiger partial charge in [0.15, 0.2) is 0 Å². The fourth-order valence-corrected chi connectivity index (χ4v) is 3.48. The molecule has 2 rings (SSSR count). The molecule has 1 heterocycles. The largest absolute Gasteiger partial charge is 0.371 e. The number of halogens is 1. The predicted octanol–water partition coefficient (Wildman–Crippen LogP) is 4.60. The van der Waals surface area contributed by atoms with Crippen molar-refractivity contribution in [3.8, 4) is 0 Å². The molecule has 0 bridgehead atoms. The zero-order chi connectivity index (χ0) is 14.7. The number of nitrogens with zero attached hydrogens (tertiary/aromatic N) is 1. The second-order valence-corrected chi connectivity index (χ2v) is 7.18. The molecular formula is C16H21BrN2S. The first-order valence-corrected chi connectivity index (χ1v) is 8.46. The number of hydrogen-bond acceptors (Lipinski definition) is 3. The average Bonchev–Trinajstić information content (AvgIpc) is 2.90. The number of benzene rings is 1. The van der Waals surface area contributed by atoms with E-state index in [4.69, 9.17) is 5.73 Å². The Morgan fingerprint density at radius 3 is 2.65 bits per heavy atom. The minimum Gasteiger partial charge on any atom is -0.371 e. The van der Waals surface area contributed by atoms with E-state index in [9.17, 15) is 0 Å². The van der Waals surface area contributed by atoms with Crippen LogP contribution >= 0.6 is 27.3 Å². The number of hydrogen-bond donors (Lipinski definition) is 1. The first kappa shape index (κ1) is 15.5. The van der Waals surface area contributed by atoms with Crippen LogP contribution < -0.4 is 10.6 Å². The molecule has 0 spiro atoms. The van der Waals surface area contributed by atoms with E-state index in [-0.39, 0.29) is 6.04 Å². The predicted molar refractivity (Wildman–Crippen MR) is 92.6 cm³/mol. The quantitative estimate of drug-likeness (QED) is 0.851. The molecule has 0 aliphatic carbocycles. The van der Waals surface area contributed by atoms with Gasteiger partial charge in [-0.1, -0.05) is 28.1 Å². The molecule has 1 aromatic carbocycles. The summed E-state index contributed by atoms with van der Waals surface area (Å²) in [5, 5.41) is 2.13. The van der Waals surface area contributed by atoms with Gasteiger partial charge in [0, 0.05) is 40.6 Å². The molecule has 108 valence electrons. The van der Waals surface area contributed by atoms with E-state index in [1.807, 2.05) is 18.3 Å². The third-order valence-electron chi connectivity index (χ3n) is 3.60. The summed E-state index contributed by atoms with van der Waals surface area (Å²) in [5.74, 6) is 0. The molecule has 2 nitrogen and oxygen atoms in total. The standard InChI is InChI=1S/C16H21BrN2S/c1-11(9-14-5-4-8-20-14)19(3)16-10-13(17)6-7-15(16)12(2)18/h4-8,10-12H,9,18H2,1-3H3. The molecule has 20 heavy (non-hydrogen) atoms. The minimum absolute atomic E-state index is 0.0366. The summed E-state index contributed by atoms with van der Waals surface area (Å²) >= 11 is 5.37. The number of anilines is 1. The summed E-state index contributed by atoms with van der Waals surface area (Å²) in [6, 6.07) is 11.1. The van der Waals surface area contributed by atoms with Crippen LogP contribution in [0.15, 0.2) is 40.2 Å². The van der Waals surface area contributed by atoms with E-state index in [0.29, 0.717) is 6.04 Å². The van der Waals surface area contributed by atoms with Gasteiger partial charge in [0.1, 0.15) is 0 Å². The summed E-state index contributed by atoms with van der Waals surface area (Å²) in [4.78, 5) is 3.74. The van der Waals surface area contributed by atoms with E-state index in [2.05, 4.69) is 70.5 Å². The van der Waals surface area contributed by atoms with Gasteiger partial charge in [-0.25, -0.2) is 0 Å². The average molecular weight is 353 g/mol. The van der Waals surface area contributed by atoms with Crippen molar-refractivity contribution in [1.29, 1.82) is 0 Å². The highest BCUT2D eigenvalue weighted by Crippen LogP contribution is 2.30. The first-order chi connectivity index (χ1) is 9.49. The van der Waals surface area contributed by atoms with Gasteiger partial charge in [-0.3, -0.25) is 0 Å². The molecule has 0 saturated carbocycles. The highest BCUT2D eigenvalue weighted by molar-refractivity contribution is 9.10. The van der Waals surface area contributed by atoms with E-state index in [0.717, 1.165) is 10.9 Å². The molecule has 0 saturated heterocycles. The lowest BCUT2D eigenvalue weighted by Gasteiger charge is -2.30. The molecule has 0 aliphatic heterocycles. The molecular weight excluding hydrogens is 332 g/mol. The Labute approximate surface area is 133 Å². The second-order valence-electron chi connectivity index (χ2n) is 5.24. The van der Waals surface area contributed by atoms with Crippen LogP contribution in [0.3, 0.4) is 0 Å². The normalized spacial score (nSPS) is 14.1. The number of likely N-dealkylation sites (N-methyl/N-ethyl adjacent to an activating group) is 1. The van der Waals surface area contributed by atoms with Crippen molar-refractivity contribution in [1.82, 2.24) is 0 Å². The lowest BCUT2D eigenvalue weighted by Crippen LogP contribution is -2.32. The van der Waals surface area contributed by atoms with Crippen molar-refractivity contribution in [2.75, 3.05) is 11.9 Å². The van der Waals surface area contributed by atoms with Gasteiger partial charge in [-0.2, -0.15) is 0 Å². The van der Waals surface area contributed by atoms with Gasteiger partial charge >= 0.3 is 0 Å². The lowest BCUT2D eigenvalue weighted by molar-refractivity contribution is 0.679. The molecule has 2 unspecified atom stereocenters. The van der Waals surface area contributed by atoms with Crippen LogP contribution in [0.4, 0.5) is 5.69 Å². The Morgan fingerprint density at radius 2 is 2.05 bits per heavy atom. The summed E-state index contributed by atoms with van der Waals surface area (Å²) in [6.45, 7) is 4.29. The smallest absolute Gasteiger partial charge is 0.0425 e. The second kappa shape index (κ2) is 6.74. The molecule has 0 aliphatic rings. The van der Waals surface area contributed by atoms with Crippen LogP contribution in [0.25, 0.3) is 0 Å². The lowest BCUT2D eigenvalue weighted by atomic mass is 10.0. The Balaban J connectivity index is 2.23. The molecule has 2 N–H and O–H groups in total. The maximum atomic E-state index is 6.10. The third kappa shape index (κ3) is 3.62. The molecule has 4 heteroatoms. The van der Waals surface area contributed by atoms with Crippen molar-refractivity contribution in [3.63, 3.8) is 0 Å². The highest BCUT2D eigenvalue weighted by atomic mass is 79.9. The van der Waals surface area contributed by atoms with Crippen molar-refractivity contribution in [2.45, 2.75) is 32.4 Å². The van der Waals surface area contributed by atoms with Gasteiger partial charge in [0.05, 0.1) is 0 Å². The number of nitrogens with two attached hydrogens (primary N) is 1. The Hall–Kier alpha value is -0.840. The van der Waals surface area contributed by atoms with Crippen LogP contribution in [-0.4, -0.2) is 13.1 Å². The molecule has 0 amide bonds. The van der Waals surface area contributed by atoms with Crippen LogP contribution in [0.5, 0.6) is 0 Å². The molecule has 1 aromatic heterocycles. The van der Waals surface area contributed by atoms with Gasteiger partial charge in [0.25, 0.3) is 0 Å². The number of rotatable bonds is 5. The molecule has 0 radical (unpaired) electrons. The molecule has 0 fully saturated rings. The first-order valence-electron chi connectivity index (χ1n) is 6.79. The summed E-state index contributed by atoms with van der Waals surface area (Å²) in [5.41, 5.74) is 8.49. The van der Waals surface area contributed by atoms with Gasteiger partial charge in [0.2, 0.25) is 0 Å². The maximum absolute atomic E-state index is 6.10. The zero-order valence-electron chi connectivity index (χ0n) is 12.1. The van der Waals surface area contributed by atoms with E-state index >= 15 is 0 Å². The van der Waals surface area contributed by atoms with Crippen LogP contribution in [0.2, 0.25) is 0 Å². The number of thiophene rings is 1. The van der Waals surface area contributed by atoms with Crippen molar-refractivity contribution < 1.29 is 0 Å². The summed E-state index contributed by atoms with van der Waals surface area (Å²) in [6.07, 6.45) is 1.05. The Bertz CT molecular complexity index is 552. The van der Waals surface area contributed by atoms with Gasteiger partial charge < -0.3 is 10.6 Å². The SMILES string of the molecule is CC(N)c1ccc(Br)cc1N(C)C(C)Cc1cccs1. The summed E-state index contributed by atoms with van der Waals surface area (Å²) in [7, 11) is 2.14. The van der Waals surface area contributed by atoms with E-state index < -0.39 is 0 Å². The third-order valence-corrected chi connectivity index (χ3v) is 4.99. The van der Waals surface area contributed by atoms with E-state index in [1.165, 1.54) is 16.1 Å². The Kier molecular flexibility index (Phi) is 5.24. The Morgan fingerprint density at radius 1 is 1.30 bits per heavy atom. The van der Waals surface area contributed by atoms with Crippen LogP contribution in [-0.2, 0) is 6.42 Å². The van der Waals surface area contributed by atoms with Crippen molar-refractivity contribution in [2.24, 2.45) is 5.73 Å². The minimum atomic E-state index is 0.0366. The van der Waals surface area contributed by atoms with E-state index in [1.54, 1.807) is 0 Å².